The average molecular weight is 735 g/mol. The second-order valence-corrected chi connectivity index (χ2v) is 18.4. The Kier molecular flexibility index (Phi) is 8.97. The lowest BCUT2D eigenvalue weighted by atomic mass is 9.67. The Balaban J connectivity index is 1.32. The van der Waals surface area contributed by atoms with E-state index in [1.54, 1.807) is 31.0 Å². The zero-order valence-electron chi connectivity index (χ0n) is 27.6. The average Bonchev–Trinajstić information content (AvgIpc) is 3.43. The maximum Gasteiger partial charge on any atom is 0.267 e. The van der Waals surface area contributed by atoms with E-state index >= 15 is 13.2 Å². The summed E-state index contributed by atoms with van der Waals surface area (Å²) < 4.78 is 98.6. The number of aromatic nitrogens is 3. The van der Waals surface area contributed by atoms with Gasteiger partial charge in [-0.1, -0.05) is 26.8 Å². The van der Waals surface area contributed by atoms with Gasteiger partial charge in [0.1, 0.15) is 11.6 Å². The van der Waals surface area contributed by atoms with E-state index in [1.807, 2.05) is 25.5 Å². The topological polar surface area (TPSA) is 134 Å². The molecule has 262 valence electrons. The molecule has 2 fully saturated rings. The van der Waals surface area contributed by atoms with Gasteiger partial charge in [-0.05, 0) is 57.0 Å². The molecule has 2 aromatic carbocycles. The molecule has 2 aromatic heterocycles. The van der Waals surface area contributed by atoms with Crippen molar-refractivity contribution in [2.45, 2.75) is 63.8 Å². The molecule has 1 saturated heterocycles. The molecule has 0 amide bonds. The fourth-order valence-electron chi connectivity index (χ4n) is 6.51. The predicted octanol–water partition coefficient (Wildman–Crippen LogP) is 6.62. The summed E-state index contributed by atoms with van der Waals surface area (Å²) >= 11 is 1.31. The minimum Gasteiger partial charge on any atom is -0.372 e. The van der Waals surface area contributed by atoms with Crippen molar-refractivity contribution >= 4 is 48.5 Å². The number of sulfone groups is 1. The van der Waals surface area contributed by atoms with Crippen molar-refractivity contribution < 1.29 is 30.0 Å². The highest BCUT2D eigenvalue weighted by Crippen LogP contribution is 2.50. The molecule has 1 aliphatic heterocycles. The highest BCUT2D eigenvalue weighted by Gasteiger charge is 2.56. The fraction of sp³-hybridized carbons (Fsp3) is 0.424. The van der Waals surface area contributed by atoms with E-state index in [0.717, 1.165) is 12.1 Å². The normalized spacial score (nSPS) is 17.0. The molecule has 1 aliphatic carbocycles. The first-order valence-corrected chi connectivity index (χ1v) is 19.9. The first-order valence-electron chi connectivity index (χ1n) is 15.8. The Bertz CT molecular complexity index is 2110. The second kappa shape index (κ2) is 12.5. The van der Waals surface area contributed by atoms with Crippen LogP contribution >= 0.6 is 11.3 Å². The number of nitrogens with zero attached hydrogens (tertiary/aromatic N) is 4. The Labute approximate surface area is 288 Å². The van der Waals surface area contributed by atoms with E-state index in [0.29, 0.717) is 47.5 Å². The van der Waals surface area contributed by atoms with Crippen LogP contribution in [0.3, 0.4) is 0 Å². The molecule has 0 bridgehead atoms. The van der Waals surface area contributed by atoms with Gasteiger partial charge in [0.15, 0.2) is 20.5 Å². The second-order valence-electron chi connectivity index (χ2n) is 13.7. The largest absolute Gasteiger partial charge is 0.372 e. The van der Waals surface area contributed by atoms with Crippen LogP contribution in [0.25, 0.3) is 21.8 Å². The number of anilines is 3. The van der Waals surface area contributed by atoms with E-state index in [1.165, 1.54) is 29.5 Å². The number of nitrogens with one attached hydrogen (secondary N) is 2. The fourth-order valence-corrected chi connectivity index (χ4v) is 11.1. The van der Waals surface area contributed by atoms with Crippen molar-refractivity contribution in [2.75, 3.05) is 39.5 Å². The number of hydrogen-bond donors (Lipinski definition) is 2. The molecule has 1 spiro atoms. The minimum atomic E-state index is -4.90. The van der Waals surface area contributed by atoms with E-state index in [4.69, 9.17) is 4.98 Å². The van der Waals surface area contributed by atoms with Crippen molar-refractivity contribution in [1.29, 1.82) is 0 Å². The third-order valence-electron chi connectivity index (χ3n) is 8.78. The van der Waals surface area contributed by atoms with Crippen LogP contribution in [0.4, 0.5) is 30.5 Å². The molecule has 2 N–H and O–H groups in total. The Morgan fingerprint density at radius 1 is 1.02 bits per heavy atom. The molecule has 49 heavy (non-hydrogen) atoms. The van der Waals surface area contributed by atoms with Crippen LogP contribution in [-0.4, -0.2) is 62.4 Å². The summed E-state index contributed by atoms with van der Waals surface area (Å²) in [6.07, 6.45) is 2.95. The predicted molar refractivity (Wildman–Crippen MR) is 186 cm³/mol. The molecule has 6 rings (SSSR count). The lowest BCUT2D eigenvalue weighted by molar-refractivity contribution is 0.153. The first kappa shape index (κ1) is 35.1. The Morgan fingerprint density at radius 2 is 1.67 bits per heavy atom. The molecule has 16 heteroatoms. The third kappa shape index (κ3) is 6.86. The van der Waals surface area contributed by atoms with Gasteiger partial charge in [0.25, 0.3) is 10.0 Å². The summed E-state index contributed by atoms with van der Waals surface area (Å²) in [7, 11) is -7.84. The number of halogens is 3. The van der Waals surface area contributed by atoms with Crippen LogP contribution in [0.15, 0.2) is 47.5 Å². The molecular formula is C33H37F3N6O4S3. The summed E-state index contributed by atoms with van der Waals surface area (Å²) in [6.45, 7) is 10.4. The van der Waals surface area contributed by atoms with Gasteiger partial charge in [0.05, 0.1) is 38.5 Å². The van der Waals surface area contributed by atoms with Gasteiger partial charge in [0.2, 0.25) is 5.95 Å². The quantitative estimate of drug-likeness (QED) is 0.185. The molecule has 2 aliphatic rings. The van der Waals surface area contributed by atoms with Gasteiger partial charge in [-0.2, -0.15) is 0 Å². The van der Waals surface area contributed by atoms with Gasteiger partial charge in [-0.15, -0.1) is 11.3 Å². The zero-order chi connectivity index (χ0) is 35.5. The lowest BCUT2D eigenvalue weighted by Gasteiger charge is -2.53. The molecule has 0 radical (unpaired) electrons. The van der Waals surface area contributed by atoms with Gasteiger partial charge in [0, 0.05) is 47.4 Å². The van der Waals surface area contributed by atoms with Crippen LogP contribution in [0.5, 0.6) is 0 Å². The van der Waals surface area contributed by atoms with Crippen molar-refractivity contribution in [3.63, 3.8) is 0 Å². The van der Waals surface area contributed by atoms with Crippen LogP contribution in [-0.2, 0) is 25.3 Å². The molecule has 1 saturated carbocycles. The van der Waals surface area contributed by atoms with Crippen molar-refractivity contribution in [2.24, 2.45) is 5.41 Å². The van der Waals surface area contributed by atoms with Crippen LogP contribution in [0.1, 0.15) is 52.5 Å². The number of hydrogen-bond acceptors (Lipinski definition) is 10. The monoisotopic (exact) mass is 734 g/mol. The van der Waals surface area contributed by atoms with Crippen LogP contribution in [0.2, 0.25) is 0 Å². The third-order valence-corrected chi connectivity index (χ3v) is 13.8. The van der Waals surface area contributed by atoms with Gasteiger partial charge in [-0.25, -0.2) is 45.0 Å². The summed E-state index contributed by atoms with van der Waals surface area (Å²) in [4.78, 5) is 14.7. The maximum atomic E-state index is 16.3. The Morgan fingerprint density at radius 3 is 2.27 bits per heavy atom. The molecule has 3 heterocycles. The minimum absolute atomic E-state index is 0.0158. The lowest BCUT2D eigenvalue weighted by Crippen LogP contribution is -2.60. The summed E-state index contributed by atoms with van der Waals surface area (Å²) in [5, 5.41) is 3.94. The molecule has 4 aromatic rings. The maximum absolute atomic E-state index is 16.3. The molecule has 0 atom stereocenters. The highest BCUT2D eigenvalue weighted by molar-refractivity contribution is 7.93. The number of rotatable bonds is 10. The molecular weight excluding hydrogens is 698 g/mol. The molecule has 0 unspecified atom stereocenters. The zero-order valence-corrected chi connectivity index (χ0v) is 30.1. The van der Waals surface area contributed by atoms with Crippen molar-refractivity contribution in [1.82, 2.24) is 15.0 Å². The summed E-state index contributed by atoms with van der Waals surface area (Å²) in [5.41, 5.74) is -0.313. The number of thiazole rings is 1. The smallest absolute Gasteiger partial charge is 0.267 e. The standard InChI is InChI=1S/C33H37F3N6O4S3/c1-6-42(7-2)20-13-22(34)29(23(35)14-20)49(45,46)41-24-10-8-9-21(26(24)36)27-28(47-30(40-27)32(3,4)5)25-11-12-37-31(39-25)38-19-15-33(16-19)17-48(43,44)18-33/h8-14,19,41H,6-7,15-18H2,1-5H3,(H,37,38,39). The van der Waals surface area contributed by atoms with Gasteiger partial charge >= 0.3 is 0 Å². The Hall–Kier alpha value is -3.76. The highest BCUT2D eigenvalue weighted by atomic mass is 32.2. The van der Waals surface area contributed by atoms with E-state index in [2.05, 4.69) is 15.3 Å². The first-order chi connectivity index (χ1) is 22.9. The SMILES string of the molecule is CCN(CC)c1cc(F)c(S(=O)(=O)Nc2cccc(-c3nc(C(C)(C)C)sc3-c3ccnc(NC4CC5(C4)CS(=O)(=O)C5)n3)c2F)c(F)c1. The van der Waals surface area contributed by atoms with E-state index < -0.39 is 53.3 Å². The number of sulfonamides is 1. The van der Waals surface area contributed by atoms with Gasteiger partial charge < -0.3 is 10.2 Å². The van der Waals surface area contributed by atoms with Crippen molar-refractivity contribution in [3.8, 4) is 21.8 Å². The summed E-state index contributed by atoms with van der Waals surface area (Å²) in [6, 6.07) is 7.59. The number of benzene rings is 2. The van der Waals surface area contributed by atoms with Crippen LogP contribution in [0, 0.1) is 22.9 Å². The summed E-state index contributed by atoms with van der Waals surface area (Å²) in [5.74, 6) is -2.86. The van der Waals surface area contributed by atoms with Gasteiger partial charge in [-0.3, -0.25) is 4.72 Å². The molecule has 10 nitrogen and oxygen atoms in total. The van der Waals surface area contributed by atoms with E-state index in [9.17, 15) is 16.8 Å². The van der Waals surface area contributed by atoms with E-state index in [-0.39, 0.29) is 39.9 Å². The van der Waals surface area contributed by atoms with Crippen LogP contribution < -0.4 is 14.9 Å². The van der Waals surface area contributed by atoms with Crippen molar-refractivity contribution in [3.05, 3.63) is 65.1 Å².